The molecule has 20 heavy (non-hydrogen) atoms. The third-order valence-electron chi connectivity index (χ3n) is 3.27. The van der Waals surface area contributed by atoms with Crippen molar-refractivity contribution in [3.63, 3.8) is 0 Å². The molecule has 0 saturated carbocycles. The summed E-state index contributed by atoms with van der Waals surface area (Å²) in [7, 11) is 1.34. The number of nitrogens with one attached hydrogen (secondary N) is 1. The van der Waals surface area contributed by atoms with Crippen molar-refractivity contribution in [1.29, 1.82) is 0 Å². The molecule has 0 bridgehead atoms. The highest BCUT2D eigenvalue weighted by atomic mass is 16.5. The Bertz CT molecular complexity index is 612. The van der Waals surface area contributed by atoms with E-state index in [9.17, 15) is 19.5 Å². The second-order valence-electron chi connectivity index (χ2n) is 4.93. The normalized spacial score (nSPS) is 21.9. The number of hydrogen-bond acceptors (Lipinski definition) is 5. The van der Waals surface area contributed by atoms with Crippen LogP contribution in [-0.2, 0) is 23.1 Å². The SMILES string of the molecule is Cn1c(=O)ccn(CC(=O)NCC2(O)CCOC2)c1=O. The molecule has 2 N–H and O–H groups in total. The number of carbonyl (C=O) groups is 1. The Hall–Kier alpha value is -1.93. The largest absolute Gasteiger partial charge is 0.386 e. The molecule has 8 heteroatoms. The molecule has 1 aliphatic rings. The topological polar surface area (TPSA) is 103 Å². The molecule has 1 unspecified atom stereocenters. The first-order valence-electron chi connectivity index (χ1n) is 6.25. The van der Waals surface area contributed by atoms with E-state index in [-0.39, 0.29) is 19.7 Å². The summed E-state index contributed by atoms with van der Waals surface area (Å²) in [4.78, 5) is 34.7. The van der Waals surface area contributed by atoms with Gasteiger partial charge in [0.25, 0.3) is 5.56 Å². The van der Waals surface area contributed by atoms with Crippen molar-refractivity contribution in [1.82, 2.24) is 14.5 Å². The Labute approximate surface area is 114 Å². The predicted molar refractivity (Wildman–Crippen MR) is 69.3 cm³/mol. The lowest BCUT2D eigenvalue weighted by atomic mass is 10.0. The maximum Gasteiger partial charge on any atom is 0.331 e. The quantitative estimate of drug-likeness (QED) is 0.654. The number of aromatic nitrogens is 2. The van der Waals surface area contributed by atoms with E-state index < -0.39 is 22.8 Å². The number of hydrogen-bond donors (Lipinski definition) is 2. The zero-order valence-corrected chi connectivity index (χ0v) is 11.2. The number of nitrogens with zero attached hydrogens (tertiary/aromatic N) is 2. The maximum absolute atomic E-state index is 11.7. The van der Waals surface area contributed by atoms with Gasteiger partial charge in [-0.1, -0.05) is 0 Å². The molecule has 1 saturated heterocycles. The Morgan fingerprint density at radius 3 is 2.95 bits per heavy atom. The van der Waals surface area contributed by atoms with Gasteiger partial charge < -0.3 is 15.2 Å². The van der Waals surface area contributed by atoms with Crippen LogP contribution >= 0.6 is 0 Å². The van der Waals surface area contributed by atoms with Gasteiger partial charge in [-0.3, -0.25) is 18.7 Å². The average Bonchev–Trinajstić information content (AvgIpc) is 2.85. The Kier molecular flexibility index (Phi) is 4.05. The van der Waals surface area contributed by atoms with Crippen LogP contribution in [0.5, 0.6) is 0 Å². The smallest absolute Gasteiger partial charge is 0.331 e. The molecule has 2 heterocycles. The Morgan fingerprint density at radius 2 is 2.30 bits per heavy atom. The molecule has 1 aliphatic heterocycles. The summed E-state index contributed by atoms with van der Waals surface area (Å²) in [5.41, 5.74) is -2.02. The highest BCUT2D eigenvalue weighted by Gasteiger charge is 2.32. The summed E-state index contributed by atoms with van der Waals surface area (Å²) < 4.78 is 7.12. The van der Waals surface area contributed by atoms with Gasteiger partial charge in [-0.05, 0) is 0 Å². The van der Waals surface area contributed by atoms with E-state index in [2.05, 4.69) is 5.32 Å². The Balaban J connectivity index is 1.97. The molecular formula is C12H17N3O5. The summed E-state index contributed by atoms with van der Waals surface area (Å²) in [5.74, 6) is -0.411. The number of rotatable bonds is 4. The monoisotopic (exact) mass is 283 g/mol. The minimum absolute atomic E-state index is 0.0757. The standard InChI is InChI=1S/C12H17N3O5/c1-14-10(17)2-4-15(11(14)18)6-9(16)13-7-12(19)3-5-20-8-12/h2,4,19H,3,5-8H2,1H3,(H,13,16). The summed E-state index contributed by atoms with van der Waals surface area (Å²) in [5, 5.41) is 12.5. The van der Waals surface area contributed by atoms with Gasteiger partial charge in [0.15, 0.2) is 0 Å². The Morgan fingerprint density at radius 1 is 1.55 bits per heavy atom. The van der Waals surface area contributed by atoms with Crippen LogP contribution in [-0.4, -0.2) is 45.5 Å². The van der Waals surface area contributed by atoms with Crippen LogP contribution in [0.4, 0.5) is 0 Å². The van der Waals surface area contributed by atoms with Crippen LogP contribution in [0.3, 0.4) is 0 Å². The second kappa shape index (κ2) is 5.59. The van der Waals surface area contributed by atoms with Crippen molar-refractivity contribution in [2.24, 2.45) is 7.05 Å². The molecule has 2 rings (SSSR count). The van der Waals surface area contributed by atoms with E-state index >= 15 is 0 Å². The van der Waals surface area contributed by atoms with Gasteiger partial charge in [0.2, 0.25) is 5.91 Å². The molecule has 1 aromatic heterocycles. The molecule has 0 aliphatic carbocycles. The first-order valence-corrected chi connectivity index (χ1v) is 6.25. The minimum Gasteiger partial charge on any atom is -0.386 e. The van der Waals surface area contributed by atoms with Crippen LogP contribution < -0.4 is 16.6 Å². The van der Waals surface area contributed by atoms with E-state index in [0.717, 1.165) is 9.13 Å². The first kappa shape index (κ1) is 14.5. The fourth-order valence-electron chi connectivity index (χ4n) is 1.95. The zero-order chi connectivity index (χ0) is 14.8. The molecule has 0 aromatic carbocycles. The highest BCUT2D eigenvalue weighted by Crippen LogP contribution is 2.16. The molecule has 1 amide bonds. The molecule has 0 spiro atoms. The third kappa shape index (κ3) is 3.14. The molecular weight excluding hydrogens is 266 g/mol. The lowest BCUT2D eigenvalue weighted by Gasteiger charge is -2.20. The van der Waals surface area contributed by atoms with Crippen molar-refractivity contribution in [3.05, 3.63) is 33.1 Å². The zero-order valence-electron chi connectivity index (χ0n) is 11.2. The van der Waals surface area contributed by atoms with Crippen molar-refractivity contribution >= 4 is 5.91 Å². The number of carbonyl (C=O) groups excluding carboxylic acids is 1. The molecule has 8 nitrogen and oxygen atoms in total. The van der Waals surface area contributed by atoms with Gasteiger partial charge >= 0.3 is 5.69 Å². The molecule has 1 fully saturated rings. The number of aliphatic hydroxyl groups is 1. The molecule has 1 aromatic rings. The average molecular weight is 283 g/mol. The first-order chi connectivity index (χ1) is 9.41. The molecule has 110 valence electrons. The molecule has 1 atom stereocenters. The number of ether oxygens (including phenoxy) is 1. The number of amides is 1. The summed E-state index contributed by atoms with van der Waals surface area (Å²) >= 11 is 0. The van der Waals surface area contributed by atoms with Gasteiger partial charge in [0.1, 0.15) is 12.1 Å². The van der Waals surface area contributed by atoms with Gasteiger partial charge in [-0.15, -0.1) is 0 Å². The highest BCUT2D eigenvalue weighted by molar-refractivity contribution is 5.75. The van der Waals surface area contributed by atoms with Crippen molar-refractivity contribution < 1.29 is 14.6 Å². The van der Waals surface area contributed by atoms with Gasteiger partial charge in [0, 0.05) is 38.9 Å². The van der Waals surface area contributed by atoms with Gasteiger partial charge in [-0.25, -0.2) is 4.79 Å². The van der Waals surface area contributed by atoms with Crippen LogP contribution in [0, 0.1) is 0 Å². The third-order valence-corrected chi connectivity index (χ3v) is 3.27. The van der Waals surface area contributed by atoms with Crippen LogP contribution in [0.1, 0.15) is 6.42 Å². The van der Waals surface area contributed by atoms with Crippen molar-refractivity contribution in [2.75, 3.05) is 19.8 Å². The van der Waals surface area contributed by atoms with E-state index in [4.69, 9.17) is 4.74 Å². The van der Waals surface area contributed by atoms with E-state index in [0.29, 0.717) is 13.0 Å². The fourth-order valence-corrected chi connectivity index (χ4v) is 1.95. The van der Waals surface area contributed by atoms with Crippen LogP contribution in [0.15, 0.2) is 21.9 Å². The predicted octanol–water partition coefficient (Wildman–Crippen LogP) is -2.19. The van der Waals surface area contributed by atoms with Gasteiger partial charge in [0.05, 0.1) is 6.61 Å². The van der Waals surface area contributed by atoms with E-state index in [1.165, 1.54) is 19.3 Å². The summed E-state index contributed by atoms with van der Waals surface area (Å²) in [6, 6.07) is 1.22. The minimum atomic E-state index is -1.04. The maximum atomic E-state index is 11.7. The second-order valence-corrected chi connectivity index (χ2v) is 4.93. The fraction of sp³-hybridized carbons (Fsp3) is 0.583. The lowest BCUT2D eigenvalue weighted by Crippen LogP contribution is -2.46. The van der Waals surface area contributed by atoms with Crippen molar-refractivity contribution in [3.8, 4) is 0 Å². The molecule has 0 radical (unpaired) electrons. The van der Waals surface area contributed by atoms with Crippen molar-refractivity contribution in [2.45, 2.75) is 18.6 Å². The van der Waals surface area contributed by atoms with E-state index in [1.54, 1.807) is 0 Å². The lowest BCUT2D eigenvalue weighted by molar-refractivity contribution is -0.123. The van der Waals surface area contributed by atoms with Crippen LogP contribution in [0.2, 0.25) is 0 Å². The summed E-state index contributed by atoms with van der Waals surface area (Å²) in [6.07, 6.45) is 1.74. The van der Waals surface area contributed by atoms with E-state index in [1.807, 2.05) is 0 Å². The summed E-state index contributed by atoms with van der Waals surface area (Å²) in [6.45, 7) is 0.524. The van der Waals surface area contributed by atoms with Crippen LogP contribution in [0.25, 0.3) is 0 Å². The van der Waals surface area contributed by atoms with Gasteiger partial charge in [-0.2, -0.15) is 0 Å².